The Balaban J connectivity index is 1.13. The average molecular weight is 885 g/mol. The molecule has 14 rings (SSSR count). The molecule has 0 saturated heterocycles. The molecule has 0 atom stereocenters. The molecule has 0 aliphatic carbocycles. The SMILES string of the molecule is [2H]c1c([2H])c([2H])c(N2c3cc(-c4ccccc4)cc4c3B(c3ccc(-n5c6ccc(C#N)cc6c6cc(C(C)(C)C)ccc65)cc3S4)c3c2c2oc4ccccc4c2c2c3sc3ccccc32)c([2H])c1[2H]. The summed E-state index contributed by atoms with van der Waals surface area (Å²) in [6, 6.07) is 51.1. The fourth-order valence-corrected chi connectivity index (χ4v) is 13.3. The lowest BCUT2D eigenvalue weighted by molar-refractivity contribution is 0.591. The van der Waals surface area contributed by atoms with Crippen LogP contribution >= 0.6 is 23.1 Å². The van der Waals surface area contributed by atoms with E-state index < -0.39 is 18.1 Å². The minimum Gasteiger partial charge on any atom is -0.454 e. The standard InChI is InChI=1S/C59H38BN3OS2/c1-59(2,3)37-23-27-46-43(31-37)42-28-34(33-61)22-26-45(42)62(46)39-24-25-44-50(32-39)65-51-30-36(35-14-6-4-7-15-35)29-47-54(51)60(44)55-56(63(47)38-16-8-5-9-17-38)57-52(40-18-10-12-20-48(40)64-57)53-41-19-11-13-21-49(41)66-58(53)55/h4-32H,1-3H3/i5D,8D,9D,16D,17D. The Hall–Kier alpha value is -7.50. The zero-order chi connectivity index (χ0) is 48.4. The first kappa shape index (κ1) is 33.1. The molecule has 66 heavy (non-hydrogen) atoms. The van der Waals surface area contributed by atoms with E-state index in [4.69, 9.17) is 8.53 Å². The Morgan fingerprint density at radius 3 is 2.23 bits per heavy atom. The highest BCUT2D eigenvalue weighted by Gasteiger charge is 2.45. The molecule has 0 spiro atoms. The van der Waals surface area contributed by atoms with Gasteiger partial charge in [-0.3, -0.25) is 0 Å². The summed E-state index contributed by atoms with van der Waals surface area (Å²) in [5, 5.41) is 16.2. The van der Waals surface area contributed by atoms with Crippen LogP contribution in [-0.4, -0.2) is 11.3 Å². The van der Waals surface area contributed by atoms with Gasteiger partial charge >= 0.3 is 0 Å². The predicted molar refractivity (Wildman–Crippen MR) is 280 cm³/mol. The molecule has 0 radical (unpaired) electrons. The van der Waals surface area contributed by atoms with Gasteiger partial charge in [-0.2, -0.15) is 5.26 Å². The van der Waals surface area contributed by atoms with Gasteiger partial charge in [0.2, 0.25) is 0 Å². The first-order valence-electron chi connectivity index (χ1n) is 24.6. The summed E-state index contributed by atoms with van der Waals surface area (Å²) in [6.07, 6.45) is 0. The molecule has 7 heteroatoms. The van der Waals surface area contributed by atoms with Crippen LogP contribution in [0.5, 0.6) is 0 Å². The van der Waals surface area contributed by atoms with E-state index in [1.54, 1.807) is 23.1 Å². The smallest absolute Gasteiger partial charge is 0.251 e. The van der Waals surface area contributed by atoms with E-state index in [0.29, 0.717) is 22.4 Å². The number of hydrogen-bond donors (Lipinski definition) is 0. The molecule has 0 saturated carbocycles. The molecule has 0 amide bonds. The van der Waals surface area contributed by atoms with Gasteiger partial charge in [0.25, 0.3) is 6.71 Å². The van der Waals surface area contributed by atoms with Gasteiger partial charge in [-0.05, 0) is 112 Å². The number of aromatic nitrogens is 1. The Kier molecular flexibility index (Phi) is 6.89. The number of thiophene rings is 1. The fourth-order valence-electron chi connectivity index (χ4n) is 10.7. The van der Waals surface area contributed by atoms with Crippen LogP contribution in [0.15, 0.2) is 190 Å². The van der Waals surface area contributed by atoms with E-state index in [1.165, 1.54) is 5.56 Å². The Bertz CT molecular complexity index is 4380. The van der Waals surface area contributed by atoms with Crippen molar-refractivity contribution in [3.63, 3.8) is 0 Å². The van der Waals surface area contributed by atoms with Gasteiger partial charge < -0.3 is 13.9 Å². The molecular weight excluding hydrogens is 842 g/mol. The average Bonchev–Trinajstić information content (AvgIpc) is 4.07. The Morgan fingerprint density at radius 1 is 0.652 bits per heavy atom. The van der Waals surface area contributed by atoms with Crippen molar-refractivity contribution in [2.75, 3.05) is 4.90 Å². The summed E-state index contributed by atoms with van der Waals surface area (Å²) in [5.41, 5.74) is 12.5. The molecule has 2 aliphatic rings. The van der Waals surface area contributed by atoms with Gasteiger partial charge in [0, 0.05) is 68.6 Å². The van der Waals surface area contributed by atoms with Crippen LogP contribution in [0.2, 0.25) is 0 Å². The summed E-state index contributed by atoms with van der Waals surface area (Å²) < 4.78 is 57.7. The maximum absolute atomic E-state index is 10.1. The van der Waals surface area contributed by atoms with Crippen molar-refractivity contribution in [3.8, 4) is 22.9 Å². The van der Waals surface area contributed by atoms with Gasteiger partial charge in [0.15, 0.2) is 5.58 Å². The molecule has 310 valence electrons. The van der Waals surface area contributed by atoms with Gasteiger partial charge in [-0.25, -0.2) is 0 Å². The maximum atomic E-state index is 10.1. The molecule has 0 unspecified atom stereocenters. The summed E-state index contributed by atoms with van der Waals surface area (Å²) in [7, 11) is 0. The molecule has 3 aromatic heterocycles. The van der Waals surface area contributed by atoms with Crippen LogP contribution in [0.4, 0.5) is 17.1 Å². The zero-order valence-corrected chi connectivity index (χ0v) is 37.6. The number of nitrogens with zero attached hydrogens (tertiary/aromatic N) is 3. The van der Waals surface area contributed by atoms with Gasteiger partial charge in [-0.15, -0.1) is 11.3 Å². The van der Waals surface area contributed by atoms with E-state index in [9.17, 15) is 8.00 Å². The number of fused-ring (bicyclic) bond motifs is 16. The molecular formula is C59H38BN3OS2. The van der Waals surface area contributed by atoms with Crippen LogP contribution in [0.3, 0.4) is 0 Å². The molecule has 0 fully saturated rings. The van der Waals surface area contributed by atoms with Gasteiger partial charge in [0.1, 0.15) is 5.58 Å². The van der Waals surface area contributed by atoms with Crippen LogP contribution in [0.1, 0.15) is 38.8 Å². The van der Waals surface area contributed by atoms with Crippen molar-refractivity contribution in [2.45, 2.75) is 36.0 Å². The highest BCUT2D eigenvalue weighted by Crippen LogP contribution is 2.52. The van der Waals surface area contributed by atoms with Crippen molar-refractivity contribution in [1.82, 2.24) is 4.57 Å². The Morgan fingerprint density at radius 2 is 1.41 bits per heavy atom. The van der Waals surface area contributed by atoms with Crippen LogP contribution in [0, 0.1) is 11.3 Å². The molecule has 12 aromatic rings. The highest BCUT2D eigenvalue weighted by molar-refractivity contribution is 8.00. The van der Waals surface area contributed by atoms with Crippen molar-refractivity contribution < 1.29 is 11.3 Å². The predicted octanol–water partition coefficient (Wildman–Crippen LogP) is 14.7. The molecule has 2 aliphatic heterocycles. The van der Waals surface area contributed by atoms with Crippen LogP contribution < -0.4 is 21.3 Å². The third-order valence-corrected chi connectivity index (χ3v) is 16.0. The second-order valence-corrected chi connectivity index (χ2v) is 20.5. The number of benzene rings is 9. The lowest BCUT2D eigenvalue weighted by Crippen LogP contribution is -2.60. The topological polar surface area (TPSA) is 45.1 Å². The number of anilines is 3. The number of para-hydroxylation sites is 2. The minimum atomic E-state index is -0.448. The molecule has 0 bridgehead atoms. The number of furan rings is 1. The van der Waals surface area contributed by atoms with Crippen molar-refractivity contribution in [2.24, 2.45) is 0 Å². The normalized spacial score (nSPS) is 14.3. The van der Waals surface area contributed by atoms with Gasteiger partial charge in [0.05, 0.1) is 35.2 Å². The monoisotopic (exact) mass is 884 g/mol. The third kappa shape index (κ3) is 5.28. The highest BCUT2D eigenvalue weighted by atomic mass is 32.2. The van der Waals surface area contributed by atoms with E-state index in [-0.39, 0.29) is 29.9 Å². The van der Waals surface area contributed by atoms with Crippen molar-refractivity contribution >= 4 is 127 Å². The number of nitriles is 1. The quantitative estimate of drug-likeness (QED) is 0.166. The second kappa shape index (κ2) is 13.8. The summed E-state index contributed by atoms with van der Waals surface area (Å²) in [4.78, 5) is 4.02. The maximum Gasteiger partial charge on any atom is 0.251 e. The minimum absolute atomic E-state index is 0.0667. The lowest BCUT2D eigenvalue weighted by atomic mass is 9.34. The largest absolute Gasteiger partial charge is 0.454 e. The molecule has 0 N–H and O–H groups in total. The second-order valence-electron chi connectivity index (χ2n) is 18.4. The lowest BCUT2D eigenvalue weighted by Gasteiger charge is -2.40. The van der Waals surface area contributed by atoms with E-state index >= 15 is 0 Å². The van der Waals surface area contributed by atoms with Crippen molar-refractivity contribution in [1.29, 1.82) is 5.26 Å². The summed E-state index contributed by atoms with van der Waals surface area (Å²) in [6.45, 7) is 6.31. The fraction of sp³-hybridized carbons (Fsp3) is 0.0678. The first-order valence-corrected chi connectivity index (χ1v) is 23.7. The molecule has 9 aromatic carbocycles. The third-order valence-electron chi connectivity index (χ3n) is 13.7. The molecule has 5 heterocycles. The first-order chi connectivity index (χ1) is 34.4. The van der Waals surface area contributed by atoms with Crippen molar-refractivity contribution in [3.05, 3.63) is 187 Å². The van der Waals surface area contributed by atoms with E-state index in [0.717, 1.165) is 101 Å². The van der Waals surface area contributed by atoms with Crippen LogP contribution in [-0.2, 0) is 5.41 Å². The molecule has 4 nitrogen and oxygen atoms in total. The number of hydrogen-bond acceptors (Lipinski definition) is 5. The van der Waals surface area contributed by atoms with Gasteiger partial charge in [-0.1, -0.05) is 135 Å². The van der Waals surface area contributed by atoms with E-state index in [2.05, 4.69) is 128 Å². The zero-order valence-electron chi connectivity index (χ0n) is 41.0. The summed E-state index contributed by atoms with van der Waals surface area (Å²) in [5.74, 6) is 0. The Labute approximate surface area is 397 Å². The summed E-state index contributed by atoms with van der Waals surface area (Å²) >= 11 is 3.42. The van der Waals surface area contributed by atoms with E-state index in [1.807, 2.05) is 53.4 Å². The van der Waals surface area contributed by atoms with Crippen LogP contribution in [0.25, 0.3) is 80.7 Å². The number of rotatable bonds is 3.